The van der Waals surface area contributed by atoms with Gasteiger partial charge in [0.05, 0.1) is 45.6 Å². The molecule has 5 rings (SSSR count). The van der Waals surface area contributed by atoms with Crippen molar-refractivity contribution >= 4 is 32.5 Å². The number of halogens is 2. The van der Waals surface area contributed by atoms with Crippen molar-refractivity contribution in [1.29, 1.82) is 0 Å². The van der Waals surface area contributed by atoms with Gasteiger partial charge >= 0.3 is 0 Å². The van der Waals surface area contributed by atoms with E-state index >= 15 is 0 Å². The molecule has 1 aliphatic rings. The van der Waals surface area contributed by atoms with Crippen LogP contribution < -0.4 is 5.32 Å². The van der Waals surface area contributed by atoms with Crippen LogP contribution in [-0.4, -0.2) is 40.6 Å². The molecule has 10 heteroatoms. The van der Waals surface area contributed by atoms with E-state index < -0.39 is 33.4 Å². The lowest BCUT2D eigenvalue weighted by Crippen LogP contribution is -2.15. The zero-order valence-electron chi connectivity index (χ0n) is 19.0. The monoisotopic (exact) mass is 496 g/mol. The van der Waals surface area contributed by atoms with E-state index in [0.29, 0.717) is 34.9 Å². The number of fused-ring (bicyclic) bond motifs is 1. The molecule has 2 aromatic heterocycles. The molecular weight excluding hydrogens is 474 g/mol. The number of anilines is 1. The Kier molecular flexibility index (Phi) is 5.63. The van der Waals surface area contributed by atoms with Crippen molar-refractivity contribution < 1.29 is 22.0 Å². The number of hydrogen-bond acceptors (Lipinski definition) is 5. The van der Waals surface area contributed by atoms with Gasteiger partial charge in [-0.15, -0.1) is 0 Å². The van der Waals surface area contributed by atoms with Gasteiger partial charge in [-0.05, 0) is 38.5 Å². The smallest absolute Gasteiger partial charge is 0.256 e. The zero-order valence-corrected chi connectivity index (χ0v) is 19.9. The average molecular weight is 497 g/mol. The predicted octanol–water partition coefficient (Wildman–Crippen LogP) is 4.61. The van der Waals surface area contributed by atoms with Crippen LogP contribution in [0.3, 0.4) is 0 Å². The quantitative estimate of drug-likeness (QED) is 0.446. The predicted molar refractivity (Wildman–Crippen MR) is 129 cm³/mol. The lowest BCUT2D eigenvalue weighted by atomic mass is 10.0. The first kappa shape index (κ1) is 23.1. The molecule has 3 heterocycles. The lowest BCUT2D eigenvalue weighted by Gasteiger charge is -2.13. The molecule has 0 radical (unpaired) electrons. The van der Waals surface area contributed by atoms with Gasteiger partial charge in [0.15, 0.2) is 15.5 Å². The fraction of sp³-hybridized carbons (Fsp3) is 0.240. The minimum Gasteiger partial charge on any atom is -0.319 e. The van der Waals surface area contributed by atoms with Crippen LogP contribution in [0.15, 0.2) is 48.5 Å². The first-order valence-electron chi connectivity index (χ1n) is 11.0. The van der Waals surface area contributed by atoms with E-state index in [1.54, 1.807) is 17.7 Å². The van der Waals surface area contributed by atoms with Crippen LogP contribution in [0.2, 0.25) is 0 Å². The van der Waals surface area contributed by atoms with Gasteiger partial charge in [0, 0.05) is 11.6 Å². The Labute approximate surface area is 200 Å². The molecule has 1 atom stereocenters. The lowest BCUT2D eigenvalue weighted by molar-refractivity contribution is 0.102. The Hall–Kier alpha value is -3.66. The molecule has 0 bridgehead atoms. The summed E-state index contributed by atoms with van der Waals surface area (Å²) in [5.41, 5.74) is 3.22. The number of pyridine rings is 1. The van der Waals surface area contributed by atoms with Crippen molar-refractivity contribution in [3.05, 3.63) is 77.0 Å². The van der Waals surface area contributed by atoms with E-state index in [2.05, 4.69) is 10.4 Å². The van der Waals surface area contributed by atoms with Crippen molar-refractivity contribution in [3.8, 4) is 11.3 Å². The highest BCUT2D eigenvalue weighted by Gasteiger charge is 2.32. The number of aryl methyl sites for hydroxylation is 2. The summed E-state index contributed by atoms with van der Waals surface area (Å²) in [5, 5.41) is 7.51. The molecule has 0 spiro atoms. The van der Waals surface area contributed by atoms with Crippen LogP contribution in [0, 0.1) is 25.5 Å². The van der Waals surface area contributed by atoms with Crippen molar-refractivity contribution in [1.82, 2.24) is 14.8 Å². The summed E-state index contributed by atoms with van der Waals surface area (Å²) in [6.45, 7) is 3.67. The first-order valence-corrected chi connectivity index (χ1v) is 12.9. The molecule has 7 nitrogen and oxygen atoms in total. The number of carbonyl (C=O) groups excluding carboxylic acids is 1. The molecular formula is C25H22F2N4O3S. The normalized spacial score (nSPS) is 17.1. The minimum atomic E-state index is -3.19. The number of nitrogens with one attached hydrogen (secondary N) is 1. The fourth-order valence-corrected chi connectivity index (χ4v) is 6.06. The molecule has 0 aliphatic carbocycles. The third-order valence-corrected chi connectivity index (χ3v) is 7.91. The maximum Gasteiger partial charge on any atom is 0.256 e. The molecule has 1 N–H and O–H groups in total. The number of carbonyl (C=O) groups is 1. The topological polar surface area (TPSA) is 94.0 Å². The number of benzene rings is 2. The van der Waals surface area contributed by atoms with Crippen LogP contribution in [0.4, 0.5) is 14.5 Å². The maximum absolute atomic E-state index is 14.2. The van der Waals surface area contributed by atoms with Crippen molar-refractivity contribution in [2.75, 3.05) is 16.8 Å². The van der Waals surface area contributed by atoms with Crippen LogP contribution in [0.1, 0.15) is 34.1 Å². The fourth-order valence-electron chi connectivity index (χ4n) is 4.37. The second-order valence-corrected chi connectivity index (χ2v) is 11.0. The van der Waals surface area contributed by atoms with Gasteiger partial charge in [-0.1, -0.05) is 29.8 Å². The van der Waals surface area contributed by atoms with Crippen molar-refractivity contribution in [2.24, 2.45) is 0 Å². The molecule has 0 unspecified atom stereocenters. The number of aromatic nitrogens is 3. The first-order chi connectivity index (χ1) is 16.6. The Morgan fingerprint density at radius 3 is 2.49 bits per heavy atom. The van der Waals surface area contributed by atoms with Gasteiger partial charge < -0.3 is 5.32 Å². The van der Waals surface area contributed by atoms with E-state index in [0.717, 1.165) is 23.3 Å². The highest BCUT2D eigenvalue weighted by atomic mass is 32.2. The number of hydrogen-bond donors (Lipinski definition) is 1. The van der Waals surface area contributed by atoms with Crippen LogP contribution >= 0.6 is 0 Å². The summed E-state index contributed by atoms with van der Waals surface area (Å²) in [4.78, 5) is 18.1. The summed E-state index contributed by atoms with van der Waals surface area (Å²) in [7, 11) is -3.19. The Bertz CT molecular complexity index is 1580. The van der Waals surface area contributed by atoms with Crippen molar-refractivity contribution in [3.63, 3.8) is 0 Å². The summed E-state index contributed by atoms with van der Waals surface area (Å²) < 4.78 is 53.4. The molecule has 180 valence electrons. The largest absolute Gasteiger partial charge is 0.319 e. The Morgan fingerprint density at radius 2 is 1.83 bits per heavy atom. The van der Waals surface area contributed by atoms with E-state index in [1.165, 1.54) is 0 Å². The molecule has 1 fully saturated rings. The van der Waals surface area contributed by atoms with Gasteiger partial charge in [0.25, 0.3) is 5.91 Å². The summed E-state index contributed by atoms with van der Waals surface area (Å²) in [6.07, 6.45) is 0.400. The number of rotatable bonds is 4. The number of sulfone groups is 1. The van der Waals surface area contributed by atoms with Gasteiger partial charge in [-0.25, -0.2) is 26.9 Å². The Balaban J connectivity index is 1.68. The van der Waals surface area contributed by atoms with E-state index in [4.69, 9.17) is 4.98 Å². The van der Waals surface area contributed by atoms with E-state index in [9.17, 15) is 22.0 Å². The van der Waals surface area contributed by atoms with Crippen LogP contribution in [0.25, 0.3) is 22.3 Å². The zero-order chi connectivity index (χ0) is 24.9. The second kappa shape index (κ2) is 8.53. The maximum atomic E-state index is 14.2. The number of nitrogens with zero attached hydrogens (tertiary/aromatic N) is 3. The third kappa shape index (κ3) is 4.41. The van der Waals surface area contributed by atoms with Gasteiger partial charge in [0.2, 0.25) is 0 Å². The highest BCUT2D eigenvalue weighted by Crippen LogP contribution is 2.32. The SMILES string of the molecule is Cc1ccc(-c2cc(C(=O)Nc3ccc(F)cc3F)c3c(C)nn([C@@H]4CCS(=O)(=O)C4)c3n2)cc1. The number of amides is 1. The molecule has 35 heavy (non-hydrogen) atoms. The van der Waals surface area contributed by atoms with Crippen LogP contribution in [0.5, 0.6) is 0 Å². The van der Waals surface area contributed by atoms with E-state index in [1.807, 2.05) is 31.2 Å². The summed E-state index contributed by atoms with van der Waals surface area (Å²) >= 11 is 0. The third-order valence-electron chi connectivity index (χ3n) is 6.16. The minimum absolute atomic E-state index is 0.0536. The Morgan fingerprint density at radius 1 is 1.09 bits per heavy atom. The van der Waals surface area contributed by atoms with Gasteiger partial charge in [-0.3, -0.25) is 4.79 Å². The van der Waals surface area contributed by atoms with Crippen molar-refractivity contribution in [2.45, 2.75) is 26.3 Å². The highest BCUT2D eigenvalue weighted by molar-refractivity contribution is 7.91. The molecule has 2 aromatic carbocycles. The van der Waals surface area contributed by atoms with Gasteiger partial charge in [-0.2, -0.15) is 5.10 Å². The summed E-state index contributed by atoms with van der Waals surface area (Å²) in [5.74, 6) is -2.25. The summed E-state index contributed by atoms with van der Waals surface area (Å²) in [6, 6.07) is 11.7. The molecule has 1 aliphatic heterocycles. The molecule has 1 saturated heterocycles. The molecule has 0 saturated carbocycles. The van der Waals surface area contributed by atoms with Gasteiger partial charge in [0.1, 0.15) is 11.6 Å². The standard InChI is InChI=1S/C25H22F2N4O3S/c1-14-3-5-16(6-4-14)22-12-19(25(32)29-21-8-7-17(26)11-20(21)27)23-15(2)30-31(24(23)28-22)18-9-10-35(33,34)13-18/h3-8,11-12,18H,9-10,13H2,1-2H3,(H,29,32)/t18-/m1/s1. The second-order valence-electron chi connectivity index (χ2n) is 8.78. The molecule has 1 amide bonds. The van der Waals surface area contributed by atoms with Crippen LogP contribution in [-0.2, 0) is 9.84 Å². The molecule has 4 aromatic rings. The van der Waals surface area contributed by atoms with E-state index in [-0.39, 0.29) is 22.8 Å². The average Bonchev–Trinajstić information content (AvgIpc) is 3.34.